The highest BCUT2D eigenvalue weighted by molar-refractivity contribution is 7.45. The molecule has 3 atom stereocenters. The Hall–Kier alpha value is -0.380. The number of hydrogen-bond acceptors (Lipinski definition) is 8. The van der Waals surface area contributed by atoms with Crippen LogP contribution >= 0.6 is 7.82 Å². The van der Waals surface area contributed by atoms with Crippen LogP contribution < -0.4 is 4.89 Å². The summed E-state index contributed by atoms with van der Waals surface area (Å²) in [6, 6.07) is 0. The predicted octanol–water partition coefficient (Wildman–Crippen LogP) is 5.24. The lowest BCUT2D eigenvalue weighted by molar-refractivity contribution is -0.872. The Kier molecular flexibility index (Phi) is 21.3. The summed E-state index contributed by atoms with van der Waals surface area (Å²) in [5.41, 5.74) is 0. The number of quaternary nitrogens is 1. The Morgan fingerprint density at radius 3 is 1.69 bits per heavy atom. The van der Waals surface area contributed by atoms with Crippen LogP contribution in [0.2, 0.25) is 0 Å². The van der Waals surface area contributed by atoms with Gasteiger partial charge in [0.1, 0.15) is 12.6 Å². The first kappa shape index (κ1) is 35.6. The second-order valence-electron chi connectivity index (χ2n) is 10.9. The molecule has 10 heteroatoms. The molecule has 0 saturated heterocycles. The van der Waals surface area contributed by atoms with Crippen LogP contribution in [0.25, 0.3) is 0 Å². The molecule has 0 rings (SSSR count). The fraction of sp³-hybridized carbons (Fsp3) is 0.962. The monoisotopic (exact) mass is 539 g/mol. The Labute approximate surface area is 219 Å². The van der Waals surface area contributed by atoms with Crippen LogP contribution in [0.4, 0.5) is 0 Å². The molecule has 0 spiro atoms. The summed E-state index contributed by atoms with van der Waals surface area (Å²) in [5, 5.41) is 17.5. The van der Waals surface area contributed by atoms with Crippen LogP contribution in [0.5, 0.6) is 0 Å². The maximum atomic E-state index is 12.7. The number of carbonyl (C=O) groups excluding carboxylic acids is 1. The normalized spacial score (nSPS) is 15.5. The van der Waals surface area contributed by atoms with Gasteiger partial charge in [-0.05, 0) is 6.42 Å². The van der Waals surface area contributed by atoms with Gasteiger partial charge in [-0.2, -0.15) is 0 Å². The highest BCUT2D eigenvalue weighted by Crippen LogP contribution is 2.40. The Morgan fingerprint density at radius 1 is 0.861 bits per heavy atom. The molecular weight excluding hydrogens is 485 g/mol. The highest BCUT2D eigenvalue weighted by atomic mass is 31.2. The van der Waals surface area contributed by atoms with Crippen molar-refractivity contribution in [2.45, 2.75) is 122 Å². The smallest absolute Gasteiger partial charge is 0.268 e. The van der Waals surface area contributed by atoms with Crippen molar-refractivity contribution in [2.24, 2.45) is 0 Å². The third-order valence-electron chi connectivity index (χ3n) is 6.13. The molecule has 216 valence electrons. The van der Waals surface area contributed by atoms with Crippen molar-refractivity contribution in [1.82, 2.24) is 0 Å². The van der Waals surface area contributed by atoms with E-state index in [-0.39, 0.29) is 18.7 Å². The molecule has 0 aromatic heterocycles. The number of phosphoric ester groups is 1. The number of unbranched alkanes of at least 4 members (excludes halogenated alkanes) is 14. The van der Waals surface area contributed by atoms with Gasteiger partial charge in [0.05, 0.1) is 34.4 Å². The van der Waals surface area contributed by atoms with Gasteiger partial charge in [0.25, 0.3) is 7.82 Å². The molecule has 0 saturated carbocycles. The fourth-order valence-electron chi connectivity index (χ4n) is 4.00. The lowest BCUT2D eigenvalue weighted by Crippen LogP contribution is -2.45. The van der Waals surface area contributed by atoms with E-state index in [0.29, 0.717) is 10.9 Å². The number of likely N-dealkylation sites (N-methyl/N-ethyl adjacent to an activating group) is 1. The molecular formula is C26H54NO8P. The summed E-state index contributed by atoms with van der Waals surface area (Å²) < 4.78 is 22.3. The van der Waals surface area contributed by atoms with Crippen LogP contribution in [0.3, 0.4) is 0 Å². The molecule has 0 aromatic carbocycles. The fourth-order valence-corrected chi connectivity index (χ4v) is 4.91. The summed E-state index contributed by atoms with van der Waals surface area (Å²) in [6.45, 7) is 1.18. The van der Waals surface area contributed by atoms with Gasteiger partial charge < -0.3 is 23.5 Å². The van der Waals surface area contributed by atoms with Gasteiger partial charge in [0, 0.05) is 6.42 Å². The molecule has 9 nitrogen and oxygen atoms in total. The Bertz CT molecular complexity index is 581. The van der Waals surface area contributed by atoms with Gasteiger partial charge in [0.2, 0.25) is 0 Å². The molecule has 0 radical (unpaired) electrons. The zero-order valence-corrected chi connectivity index (χ0v) is 24.2. The minimum absolute atomic E-state index is 0.174. The zero-order chi connectivity index (χ0) is 27.3. The van der Waals surface area contributed by atoms with Gasteiger partial charge in [-0.3, -0.25) is 14.6 Å². The molecule has 2 N–H and O–H groups in total. The summed E-state index contributed by atoms with van der Waals surface area (Å²) in [7, 11) is 0.701. The second-order valence-corrected chi connectivity index (χ2v) is 12.2. The topological polar surface area (TPSA) is 125 Å². The van der Waals surface area contributed by atoms with E-state index in [2.05, 4.69) is 16.3 Å². The number of phosphoric acid groups is 1. The number of rotatable bonds is 26. The van der Waals surface area contributed by atoms with Gasteiger partial charge >= 0.3 is 0 Å². The number of nitrogens with zero attached hydrogens (tertiary/aromatic N) is 1. The van der Waals surface area contributed by atoms with E-state index in [1.165, 1.54) is 70.6 Å². The second kappa shape index (κ2) is 21.5. The highest BCUT2D eigenvalue weighted by Gasteiger charge is 2.30. The van der Waals surface area contributed by atoms with Crippen molar-refractivity contribution in [1.29, 1.82) is 0 Å². The van der Waals surface area contributed by atoms with E-state index in [1.807, 2.05) is 21.1 Å². The minimum atomic E-state index is -4.83. The van der Waals surface area contributed by atoms with Crippen LogP contribution in [-0.2, 0) is 23.3 Å². The molecule has 0 heterocycles. The number of carbonyl (C=O) groups is 1. The number of aliphatic hydroxyl groups is 1. The summed E-state index contributed by atoms with van der Waals surface area (Å²) in [4.78, 5) is 28.8. The molecule has 0 aliphatic heterocycles. The van der Waals surface area contributed by atoms with Crippen molar-refractivity contribution < 1.29 is 43.0 Å². The van der Waals surface area contributed by atoms with Gasteiger partial charge in [-0.15, -0.1) is 0 Å². The van der Waals surface area contributed by atoms with E-state index in [9.17, 15) is 14.3 Å². The van der Waals surface area contributed by atoms with E-state index in [0.717, 1.165) is 19.3 Å². The SMILES string of the molecule is CCCCCCCCCCCCCCCCCC(=O)C(C[N+](C)(C)C)OP(=O)([O-])OC[C@@H](CO)OO. The predicted molar refractivity (Wildman–Crippen MR) is 140 cm³/mol. The third kappa shape index (κ3) is 21.7. The third-order valence-corrected chi connectivity index (χ3v) is 7.10. The largest absolute Gasteiger partial charge is 0.756 e. The molecule has 0 aliphatic carbocycles. The molecule has 0 aliphatic rings. The molecule has 2 unspecified atom stereocenters. The zero-order valence-electron chi connectivity index (χ0n) is 23.3. The molecule has 36 heavy (non-hydrogen) atoms. The Morgan fingerprint density at radius 2 is 1.31 bits per heavy atom. The van der Waals surface area contributed by atoms with Crippen LogP contribution in [-0.4, -0.2) is 73.7 Å². The maximum absolute atomic E-state index is 12.7. The number of Topliss-reactive ketones (excluding diaryl/α,β-unsaturated/α-hetero) is 1. The van der Waals surface area contributed by atoms with Crippen molar-refractivity contribution in [3.63, 3.8) is 0 Å². The van der Waals surface area contributed by atoms with E-state index in [1.54, 1.807) is 0 Å². The van der Waals surface area contributed by atoms with Crippen molar-refractivity contribution in [3.8, 4) is 0 Å². The number of hydrogen-bond donors (Lipinski definition) is 2. The first-order chi connectivity index (χ1) is 17.0. The standard InChI is InChI=1S/C26H54NO8P/c1-5-6-7-8-9-10-11-12-13-14-15-16-17-18-19-20-25(29)26(21-27(2,3)4)35-36(31,32)33-23-24(22-28)34-30/h24,26,28H,5-23H2,1-4H3,(H-,30,31,32)/t24-,26?/m1/s1. The molecule has 0 bridgehead atoms. The molecule has 0 fully saturated rings. The van der Waals surface area contributed by atoms with Gasteiger partial charge in [-0.1, -0.05) is 96.8 Å². The average molecular weight is 540 g/mol. The quantitative estimate of drug-likeness (QED) is 0.0502. The van der Waals surface area contributed by atoms with Crippen molar-refractivity contribution in [2.75, 3.05) is 40.9 Å². The Balaban J connectivity index is 4.11. The van der Waals surface area contributed by atoms with Crippen molar-refractivity contribution >= 4 is 13.6 Å². The van der Waals surface area contributed by atoms with Crippen LogP contribution in [0.1, 0.15) is 110 Å². The summed E-state index contributed by atoms with van der Waals surface area (Å²) in [5.74, 6) is -0.269. The van der Waals surface area contributed by atoms with E-state index in [4.69, 9.17) is 14.9 Å². The van der Waals surface area contributed by atoms with Crippen molar-refractivity contribution in [3.05, 3.63) is 0 Å². The first-order valence-electron chi connectivity index (χ1n) is 13.9. The van der Waals surface area contributed by atoms with Gasteiger partial charge in [-0.25, -0.2) is 4.89 Å². The average Bonchev–Trinajstić information content (AvgIpc) is 2.80. The van der Waals surface area contributed by atoms with Gasteiger partial charge in [0.15, 0.2) is 11.9 Å². The lowest BCUT2D eigenvalue weighted by atomic mass is 10.0. The molecule has 0 amide bonds. The first-order valence-corrected chi connectivity index (χ1v) is 15.4. The minimum Gasteiger partial charge on any atom is -0.756 e. The number of ketones is 1. The lowest BCUT2D eigenvalue weighted by Gasteiger charge is -2.32. The van der Waals surface area contributed by atoms with E-state index >= 15 is 0 Å². The van der Waals surface area contributed by atoms with Crippen LogP contribution in [0, 0.1) is 0 Å². The molecule has 0 aromatic rings. The maximum Gasteiger partial charge on any atom is 0.268 e. The summed E-state index contributed by atoms with van der Waals surface area (Å²) in [6.07, 6.45) is 16.4. The van der Waals surface area contributed by atoms with Crippen LogP contribution in [0.15, 0.2) is 0 Å². The summed E-state index contributed by atoms with van der Waals surface area (Å²) >= 11 is 0. The van der Waals surface area contributed by atoms with E-state index < -0.39 is 33.2 Å². The number of aliphatic hydroxyl groups excluding tert-OH is 1.